The highest BCUT2D eigenvalue weighted by molar-refractivity contribution is 7.17. The van der Waals surface area contributed by atoms with Crippen molar-refractivity contribution in [1.82, 2.24) is 24.9 Å². The minimum atomic E-state index is -0.108. The van der Waals surface area contributed by atoms with E-state index in [1.165, 1.54) is 11.3 Å². The van der Waals surface area contributed by atoms with Gasteiger partial charge in [-0.2, -0.15) is 0 Å². The second-order valence-electron chi connectivity index (χ2n) is 5.94. The van der Waals surface area contributed by atoms with Gasteiger partial charge in [0, 0.05) is 36.8 Å². The molecule has 0 aliphatic rings. The fourth-order valence-corrected chi connectivity index (χ4v) is 3.40. The maximum absolute atomic E-state index is 12.1. The van der Waals surface area contributed by atoms with E-state index in [1.54, 1.807) is 12.4 Å². The van der Waals surface area contributed by atoms with E-state index in [0.717, 1.165) is 22.6 Å². The number of fused-ring (bicyclic) bond motifs is 1. The monoisotopic (exact) mass is 364 g/mol. The standard InChI is InChI=1S/C18H16N6OS/c1-11-8-15(23-17(20-11)12-4-3-6-19-9-12)24(2)10-14-21-13-5-7-26-16(13)18(25)22-14/h3-9H,10H2,1-2H3,(H,21,22,25). The van der Waals surface area contributed by atoms with Crippen LogP contribution in [0.4, 0.5) is 5.82 Å². The van der Waals surface area contributed by atoms with E-state index in [4.69, 9.17) is 0 Å². The predicted octanol–water partition coefficient (Wildman–Crippen LogP) is 2.78. The van der Waals surface area contributed by atoms with Crippen LogP contribution in [0, 0.1) is 6.92 Å². The Labute approximate surface area is 153 Å². The maximum Gasteiger partial charge on any atom is 0.268 e. The molecule has 4 aromatic rings. The third kappa shape index (κ3) is 3.18. The summed E-state index contributed by atoms with van der Waals surface area (Å²) in [6.45, 7) is 2.36. The quantitative estimate of drug-likeness (QED) is 0.599. The van der Waals surface area contributed by atoms with Crippen molar-refractivity contribution in [3.63, 3.8) is 0 Å². The van der Waals surface area contributed by atoms with Crippen molar-refractivity contribution in [2.24, 2.45) is 0 Å². The first-order valence-electron chi connectivity index (χ1n) is 8.04. The van der Waals surface area contributed by atoms with E-state index in [9.17, 15) is 4.79 Å². The van der Waals surface area contributed by atoms with Crippen molar-refractivity contribution in [2.45, 2.75) is 13.5 Å². The van der Waals surface area contributed by atoms with E-state index in [1.807, 2.05) is 48.5 Å². The van der Waals surface area contributed by atoms with Crippen LogP contribution in [0.3, 0.4) is 0 Å². The van der Waals surface area contributed by atoms with Crippen molar-refractivity contribution in [2.75, 3.05) is 11.9 Å². The molecule has 26 heavy (non-hydrogen) atoms. The number of aromatic amines is 1. The Morgan fingerprint density at radius 1 is 1.23 bits per heavy atom. The van der Waals surface area contributed by atoms with Crippen LogP contribution < -0.4 is 10.5 Å². The number of nitrogens with zero attached hydrogens (tertiary/aromatic N) is 5. The Balaban J connectivity index is 1.66. The summed E-state index contributed by atoms with van der Waals surface area (Å²) in [4.78, 5) is 34.7. The van der Waals surface area contributed by atoms with Crippen molar-refractivity contribution >= 4 is 27.4 Å². The molecule has 0 saturated carbocycles. The molecule has 130 valence electrons. The Kier molecular flexibility index (Phi) is 4.18. The van der Waals surface area contributed by atoms with Crippen molar-refractivity contribution < 1.29 is 0 Å². The molecular weight excluding hydrogens is 348 g/mol. The lowest BCUT2D eigenvalue weighted by Crippen LogP contribution is -2.22. The van der Waals surface area contributed by atoms with Crippen LogP contribution in [-0.2, 0) is 6.54 Å². The van der Waals surface area contributed by atoms with Gasteiger partial charge in [0.2, 0.25) is 0 Å². The van der Waals surface area contributed by atoms with E-state index in [2.05, 4.69) is 24.9 Å². The van der Waals surface area contributed by atoms with Gasteiger partial charge < -0.3 is 9.88 Å². The molecule has 0 amide bonds. The summed E-state index contributed by atoms with van der Waals surface area (Å²) in [5, 5.41) is 1.87. The Morgan fingerprint density at radius 2 is 2.12 bits per heavy atom. The van der Waals surface area contributed by atoms with Crippen LogP contribution in [0.15, 0.2) is 46.8 Å². The molecule has 0 radical (unpaired) electrons. The molecule has 0 aliphatic heterocycles. The topological polar surface area (TPSA) is 87.7 Å². The fraction of sp³-hybridized carbons (Fsp3) is 0.167. The average molecular weight is 364 g/mol. The molecule has 4 aromatic heterocycles. The van der Waals surface area contributed by atoms with E-state index < -0.39 is 0 Å². The summed E-state index contributed by atoms with van der Waals surface area (Å²) >= 11 is 1.39. The molecule has 0 unspecified atom stereocenters. The smallest absolute Gasteiger partial charge is 0.268 e. The average Bonchev–Trinajstić information content (AvgIpc) is 3.11. The fourth-order valence-electron chi connectivity index (χ4n) is 2.67. The summed E-state index contributed by atoms with van der Waals surface area (Å²) in [7, 11) is 1.91. The highest BCUT2D eigenvalue weighted by atomic mass is 32.1. The number of pyridine rings is 1. The van der Waals surface area contributed by atoms with Gasteiger partial charge in [-0.15, -0.1) is 11.3 Å². The number of H-pyrrole nitrogens is 1. The number of nitrogens with one attached hydrogen (secondary N) is 1. The lowest BCUT2D eigenvalue weighted by atomic mass is 10.2. The molecule has 0 aromatic carbocycles. The zero-order chi connectivity index (χ0) is 18.1. The molecule has 0 bridgehead atoms. The number of thiophene rings is 1. The van der Waals surface area contributed by atoms with Crippen LogP contribution in [0.1, 0.15) is 11.5 Å². The molecule has 0 fully saturated rings. The highest BCUT2D eigenvalue weighted by Gasteiger charge is 2.12. The van der Waals surface area contributed by atoms with Gasteiger partial charge in [0.25, 0.3) is 5.56 Å². The molecule has 0 saturated heterocycles. The largest absolute Gasteiger partial charge is 0.352 e. The summed E-state index contributed by atoms with van der Waals surface area (Å²) in [6.07, 6.45) is 3.46. The van der Waals surface area contributed by atoms with Crippen LogP contribution in [0.2, 0.25) is 0 Å². The molecule has 4 rings (SSSR count). The number of hydrogen-bond donors (Lipinski definition) is 1. The lowest BCUT2D eigenvalue weighted by Gasteiger charge is -2.18. The molecule has 0 spiro atoms. The van der Waals surface area contributed by atoms with Gasteiger partial charge >= 0.3 is 0 Å². The minimum Gasteiger partial charge on any atom is -0.352 e. The molecular formula is C18H16N6OS. The first-order valence-corrected chi connectivity index (χ1v) is 8.92. The Bertz CT molecular complexity index is 1120. The van der Waals surface area contributed by atoms with Gasteiger partial charge in [-0.05, 0) is 30.5 Å². The zero-order valence-corrected chi connectivity index (χ0v) is 15.1. The van der Waals surface area contributed by atoms with Gasteiger partial charge in [-0.25, -0.2) is 15.0 Å². The first-order chi connectivity index (χ1) is 12.6. The number of rotatable bonds is 4. The number of aryl methyl sites for hydroxylation is 1. The van der Waals surface area contributed by atoms with Gasteiger partial charge in [-0.1, -0.05) is 0 Å². The summed E-state index contributed by atoms with van der Waals surface area (Å²) in [5.41, 5.74) is 2.33. The summed E-state index contributed by atoms with van der Waals surface area (Å²) in [6, 6.07) is 7.54. The number of hydrogen-bond acceptors (Lipinski definition) is 7. The molecule has 8 heteroatoms. The Hall–Kier alpha value is -3.13. The second kappa shape index (κ2) is 6.64. The second-order valence-corrected chi connectivity index (χ2v) is 6.85. The third-order valence-corrected chi connectivity index (χ3v) is 4.80. The lowest BCUT2D eigenvalue weighted by molar-refractivity contribution is 0.823. The molecule has 0 aliphatic carbocycles. The molecule has 7 nitrogen and oxygen atoms in total. The number of anilines is 1. The summed E-state index contributed by atoms with van der Waals surface area (Å²) < 4.78 is 0.646. The van der Waals surface area contributed by atoms with Gasteiger partial charge in [0.1, 0.15) is 16.3 Å². The van der Waals surface area contributed by atoms with Gasteiger partial charge in [-0.3, -0.25) is 9.78 Å². The van der Waals surface area contributed by atoms with Gasteiger partial charge in [0.15, 0.2) is 5.82 Å². The van der Waals surface area contributed by atoms with Gasteiger partial charge in [0.05, 0.1) is 12.1 Å². The summed E-state index contributed by atoms with van der Waals surface area (Å²) in [5.74, 6) is 1.97. The molecule has 0 atom stereocenters. The van der Waals surface area contributed by atoms with E-state index >= 15 is 0 Å². The van der Waals surface area contributed by atoms with Crippen LogP contribution >= 0.6 is 11.3 Å². The third-order valence-electron chi connectivity index (χ3n) is 3.90. The molecule has 1 N–H and O–H groups in total. The van der Waals surface area contributed by atoms with E-state index in [0.29, 0.717) is 22.9 Å². The molecule has 4 heterocycles. The first kappa shape index (κ1) is 16.3. The van der Waals surface area contributed by atoms with Crippen LogP contribution in [-0.4, -0.2) is 32.0 Å². The number of aromatic nitrogens is 5. The van der Waals surface area contributed by atoms with Crippen LogP contribution in [0.5, 0.6) is 0 Å². The Morgan fingerprint density at radius 3 is 2.92 bits per heavy atom. The predicted molar refractivity (Wildman–Crippen MR) is 102 cm³/mol. The highest BCUT2D eigenvalue weighted by Crippen LogP contribution is 2.20. The van der Waals surface area contributed by atoms with E-state index in [-0.39, 0.29) is 5.56 Å². The normalized spacial score (nSPS) is 11.0. The minimum absolute atomic E-state index is 0.108. The van der Waals surface area contributed by atoms with Crippen molar-refractivity contribution in [3.05, 3.63) is 63.9 Å². The zero-order valence-electron chi connectivity index (χ0n) is 14.3. The van der Waals surface area contributed by atoms with Crippen LogP contribution in [0.25, 0.3) is 21.6 Å². The SMILES string of the molecule is Cc1cc(N(C)Cc2nc3ccsc3c(=O)[nH]2)nc(-c2cccnc2)n1. The van der Waals surface area contributed by atoms with Crippen molar-refractivity contribution in [3.8, 4) is 11.4 Å². The maximum atomic E-state index is 12.1. The van der Waals surface area contributed by atoms with Crippen molar-refractivity contribution in [1.29, 1.82) is 0 Å².